The molecule has 1 saturated heterocycles. The topological polar surface area (TPSA) is 60.5 Å². The maximum atomic E-state index is 12.7. The molecule has 7 nitrogen and oxygen atoms in total. The lowest BCUT2D eigenvalue weighted by Gasteiger charge is -2.29. The van der Waals surface area contributed by atoms with Gasteiger partial charge in [-0.15, -0.1) is 0 Å². The molecule has 0 aromatic heterocycles. The van der Waals surface area contributed by atoms with Gasteiger partial charge in [-0.25, -0.2) is 0 Å². The van der Waals surface area contributed by atoms with E-state index in [1.54, 1.807) is 28.4 Å². The van der Waals surface area contributed by atoms with E-state index in [1.807, 2.05) is 29.2 Å². The fourth-order valence-electron chi connectivity index (χ4n) is 4.61. The smallest absolute Gasteiger partial charge is 0.248 e. The van der Waals surface area contributed by atoms with Crippen LogP contribution in [0, 0.1) is 5.92 Å². The molecule has 1 heterocycles. The molecule has 0 aliphatic carbocycles. The second-order valence-corrected chi connectivity index (χ2v) is 8.42. The first-order valence-electron chi connectivity index (χ1n) is 11.3. The van der Waals surface area contributed by atoms with Crippen LogP contribution in [-0.2, 0) is 20.8 Å². The molecule has 180 valence electrons. The van der Waals surface area contributed by atoms with Gasteiger partial charge in [0.05, 0.1) is 20.8 Å². The number of hydrogen-bond acceptors (Lipinski definition) is 6. The van der Waals surface area contributed by atoms with Crippen molar-refractivity contribution < 1.29 is 23.7 Å². The number of ether oxygens (including phenoxy) is 4. The summed E-state index contributed by atoms with van der Waals surface area (Å²) in [6.45, 7) is 4.39. The first-order valence-corrected chi connectivity index (χ1v) is 11.3. The van der Waals surface area contributed by atoms with Crippen molar-refractivity contribution in [1.82, 2.24) is 9.80 Å². The van der Waals surface area contributed by atoms with Crippen molar-refractivity contribution in [1.29, 1.82) is 0 Å². The molecule has 2 unspecified atom stereocenters. The Morgan fingerprint density at radius 1 is 0.970 bits per heavy atom. The van der Waals surface area contributed by atoms with Crippen LogP contribution in [0.2, 0.25) is 0 Å². The number of likely N-dealkylation sites (tertiary alicyclic amines) is 1. The Balaban J connectivity index is 1.82. The predicted molar refractivity (Wildman–Crippen MR) is 128 cm³/mol. The standard InChI is InChI=1S/C26H36N2O5/c1-30-14-13-28(26(29)19-31-2)17-21-16-27(15-20-9-11-22(32-3)12-10-20)18-24(21)23-7-5-6-8-25(23)33-4/h5-12,21,24H,13-19H2,1-4H3. The summed E-state index contributed by atoms with van der Waals surface area (Å²) in [5.74, 6) is 2.25. The number of para-hydroxylation sites is 1. The molecule has 0 N–H and O–H groups in total. The predicted octanol–water partition coefficient (Wildman–Crippen LogP) is 3.04. The van der Waals surface area contributed by atoms with Crippen LogP contribution >= 0.6 is 0 Å². The lowest BCUT2D eigenvalue weighted by atomic mass is 9.88. The Morgan fingerprint density at radius 2 is 1.73 bits per heavy atom. The van der Waals surface area contributed by atoms with Crippen LogP contribution in [0.25, 0.3) is 0 Å². The van der Waals surface area contributed by atoms with Crippen molar-refractivity contribution in [2.24, 2.45) is 5.92 Å². The highest BCUT2D eigenvalue weighted by Crippen LogP contribution is 2.38. The fraction of sp³-hybridized carbons (Fsp3) is 0.500. The number of amides is 1. The minimum Gasteiger partial charge on any atom is -0.497 e. The summed E-state index contributed by atoms with van der Waals surface area (Å²) in [5.41, 5.74) is 2.43. The van der Waals surface area contributed by atoms with E-state index in [1.165, 1.54) is 11.1 Å². The van der Waals surface area contributed by atoms with Gasteiger partial charge in [0.15, 0.2) is 0 Å². The van der Waals surface area contributed by atoms with Gasteiger partial charge >= 0.3 is 0 Å². The van der Waals surface area contributed by atoms with Crippen molar-refractivity contribution in [3.63, 3.8) is 0 Å². The minimum absolute atomic E-state index is 0.0121. The molecular formula is C26H36N2O5. The van der Waals surface area contributed by atoms with Crippen LogP contribution < -0.4 is 9.47 Å². The number of nitrogens with zero attached hydrogens (tertiary/aromatic N) is 2. The first kappa shape index (κ1) is 25.0. The van der Waals surface area contributed by atoms with Gasteiger partial charge in [-0.3, -0.25) is 9.69 Å². The fourth-order valence-corrected chi connectivity index (χ4v) is 4.61. The molecule has 7 heteroatoms. The van der Waals surface area contributed by atoms with Crippen LogP contribution in [-0.4, -0.2) is 83.5 Å². The lowest BCUT2D eigenvalue weighted by molar-refractivity contribution is -0.136. The second-order valence-electron chi connectivity index (χ2n) is 8.42. The Hall–Kier alpha value is -2.61. The van der Waals surface area contributed by atoms with Crippen molar-refractivity contribution >= 4 is 5.91 Å². The number of carbonyl (C=O) groups is 1. The molecule has 1 aliphatic heterocycles. The zero-order valence-corrected chi connectivity index (χ0v) is 20.2. The zero-order valence-electron chi connectivity index (χ0n) is 20.2. The maximum Gasteiger partial charge on any atom is 0.248 e. The summed E-state index contributed by atoms with van der Waals surface area (Å²) in [6, 6.07) is 16.4. The average molecular weight is 457 g/mol. The van der Waals surface area contributed by atoms with Gasteiger partial charge in [0, 0.05) is 52.9 Å². The van der Waals surface area contributed by atoms with Gasteiger partial charge in [0.1, 0.15) is 18.1 Å². The summed E-state index contributed by atoms with van der Waals surface area (Å²) < 4.78 is 21.4. The van der Waals surface area contributed by atoms with E-state index in [-0.39, 0.29) is 24.3 Å². The molecule has 0 radical (unpaired) electrons. The van der Waals surface area contributed by atoms with Crippen LogP contribution in [0.1, 0.15) is 17.0 Å². The van der Waals surface area contributed by atoms with Crippen molar-refractivity contribution in [2.45, 2.75) is 12.5 Å². The molecule has 0 saturated carbocycles. The van der Waals surface area contributed by atoms with E-state index in [0.717, 1.165) is 31.1 Å². The lowest BCUT2D eigenvalue weighted by Crippen LogP contribution is -2.41. The van der Waals surface area contributed by atoms with E-state index in [9.17, 15) is 4.79 Å². The Morgan fingerprint density at radius 3 is 2.39 bits per heavy atom. The highest BCUT2D eigenvalue weighted by molar-refractivity contribution is 5.77. The van der Waals surface area contributed by atoms with E-state index in [4.69, 9.17) is 18.9 Å². The van der Waals surface area contributed by atoms with Crippen molar-refractivity contribution in [2.75, 3.05) is 67.8 Å². The van der Waals surface area contributed by atoms with Gasteiger partial charge in [0.25, 0.3) is 0 Å². The molecule has 2 aromatic rings. The molecule has 2 aromatic carbocycles. The van der Waals surface area contributed by atoms with Crippen molar-refractivity contribution in [3.05, 3.63) is 59.7 Å². The number of methoxy groups -OCH3 is 4. The summed E-state index contributed by atoms with van der Waals surface area (Å²) >= 11 is 0. The van der Waals surface area contributed by atoms with E-state index in [0.29, 0.717) is 19.7 Å². The highest BCUT2D eigenvalue weighted by atomic mass is 16.5. The number of hydrogen-bond donors (Lipinski definition) is 0. The molecule has 1 amide bonds. The third-order valence-corrected chi connectivity index (χ3v) is 6.26. The Bertz CT molecular complexity index is 873. The minimum atomic E-state index is -0.0121. The third kappa shape index (κ3) is 6.69. The first-order chi connectivity index (χ1) is 16.1. The van der Waals surface area contributed by atoms with E-state index >= 15 is 0 Å². The average Bonchev–Trinajstić information content (AvgIpc) is 3.24. The van der Waals surface area contributed by atoms with E-state index in [2.05, 4.69) is 29.2 Å². The van der Waals surface area contributed by atoms with Gasteiger partial charge in [-0.2, -0.15) is 0 Å². The van der Waals surface area contributed by atoms with Gasteiger partial charge in [-0.05, 0) is 35.2 Å². The normalized spacial score (nSPS) is 18.3. The zero-order chi connectivity index (χ0) is 23.6. The maximum absolute atomic E-state index is 12.7. The summed E-state index contributed by atoms with van der Waals surface area (Å²) in [4.78, 5) is 17.1. The van der Waals surface area contributed by atoms with Crippen LogP contribution in [0.15, 0.2) is 48.5 Å². The second kappa shape index (κ2) is 12.6. The molecule has 0 spiro atoms. The van der Waals surface area contributed by atoms with Crippen molar-refractivity contribution in [3.8, 4) is 11.5 Å². The monoisotopic (exact) mass is 456 g/mol. The Labute approximate surface area is 197 Å². The molecule has 0 bridgehead atoms. The molecule has 3 rings (SSSR count). The van der Waals surface area contributed by atoms with Crippen LogP contribution in [0.5, 0.6) is 11.5 Å². The third-order valence-electron chi connectivity index (χ3n) is 6.26. The van der Waals surface area contributed by atoms with Crippen LogP contribution in [0.3, 0.4) is 0 Å². The summed E-state index contributed by atoms with van der Waals surface area (Å²) in [7, 11) is 6.60. The number of carbonyl (C=O) groups excluding carboxylic acids is 1. The van der Waals surface area contributed by atoms with E-state index < -0.39 is 0 Å². The van der Waals surface area contributed by atoms with Crippen LogP contribution in [0.4, 0.5) is 0 Å². The quantitative estimate of drug-likeness (QED) is 0.489. The number of benzene rings is 2. The summed E-state index contributed by atoms with van der Waals surface area (Å²) in [5, 5.41) is 0. The SMILES string of the molecule is COCCN(CC1CN(Cc2ccc(OC)cc2)CC1c1ccccc1OC)C(=O)COC. The molecule has 2 atom stereocenters. The van der Waals surface area contributed by atoms with Gasteiger partial charge in [-0.1, -0.05) is 30.3 Å². The molecule has 1 aliphatic rings. The largest absolute Gasteiger partial charge is 0.497 e. The summed E-state index contributed by atoms with van der Waals surface area (Å²) in [6.07, 6.45) is 0. The Kier molecular flexibility index (Phi) is 9.54. The highest BCUT2D eigenvalue weighted by Gasteiger charge is 2.37. The van der Waals surface area contributed by atoms with Gasteiger partial charge < -0.3 is 23.8 Å². The molecule has 1 fully saturated rings. The molecule has 33 heavy (non-hydrogen) atoms. The van der Waals surface area contributed by atoms with Gasteiger partial charge in [0.2, 0.25) is 5.91 Å². The molecular weight excluding hydrogens is 420 g/mol. The number of rotatable bonds is 12.